The van der Waals surface area contributed by atoms with Crippen LogP contribution in [0.5, 0.6) is 0 Å². The first-order valence-corrected chi connectivity index (χ1v) is 4.91. The molecular formula is C10H22O2. The smallest absolute Gasteiger partial charge is 0.0621 e. The molecule has 2 heteroatoms. The van der Waals surface area contributed by atoms with Crippen molar-refractivity contribution in [3.8, 4) is 0 Å². The van der Waals surface area contributed by atoms with E-state index in [1.165, 1.54) is 0 Å². The van der Waals surface area contributed by atoms with Crippen LogP contribution < -0.4 is 0 Å². The van der Waals surface area contributed by atoms with E-state index in [9.17, 15) is 5.11 Å². The van der Waals surface area contributed by atoms with Gasteiger partial charge in [-0.2, -0.15) is 0 Å². The monoisotopic (exact) mass is 174 g/mol. The average Bonchev–Trinajstić information content (AvgIpc) is 2.08. The van der Waals surface area contributed by atoms with Gasteiger partial charge >= 0.3 is 0 Å². The van der Waals surface area contributed by atoms with Gasteiger partial charge in [0.15, 0.2) is 0 Å². The van der Waals surface area contributed by atoms with E-state index in [-0.39, 0.29) is 0 Å². The first kappa shape index (κ1) is 11.9. The van der Waals surface area contributed by atoms with Crippen LogP contribution in [0.1, 0.15) is 40.5 Å². The Kier molecular flexibility index (Phi) is 5.51. The zero-order valence-electron chi connectivity index (χ0n) is 8.76. The SMILES string of the molecule is CC.CC(C)(O)C1CCOCC1. The second-order valence-electron chi connectivity index (χ2n) is 3.54. The Labute approximate surface area is 75.9 Å². The van der Waals surface area contributed by atoms with Gasteiger partial charge in [-0.3, -0.25) is 0 Å². The van der Waals surface area contributed by atoms with Crippen molar-refractivity contribution < 1.29 is 9.84 Å². The molecule has 0 spiro atoms. The molecule has 74 valence electrons. The summed E-state index contributed by atoms with van der Waals surface area (Å²) in [5.41, 5.74) is -0.510. The standard InChI is InChI=1S/C8H16O2.C2H6/c1-8(2,9)7-3-5-10-6-4-7;1-2/h7,9H,3-6H2,1-2H3;1-2H3. The summed E-state index contributed by atoms with van der Waals surface area (Å²) in [6.07, 6.45) is 2.01. The summed E-state index contributed by atoms with van der Waals surface area (Å²) in [6.45, 7) is 9.38. The molecule has 1 rings (SSSR count). The molecule has 0 aromatic rings. The lowest BCUT2D eigenvalue weighted by molar-refractivity contribution is -0.0415. The topological polar surface area (TPSA) is 29.5 Å². The van der Waals surface area contributed by atoms with Crippen molar-refractivity contribution in [1.29, 1.82) is 0 Å². The Balaban J connectivity index is 0.000000561. The lowest BCUT2D eigenvalue weighted by Crippen LogP contribution is -2.35. The van der Waals surface area contributed by atoms with E-state index in [0.29, 0.717) is 5.92 Å². The van der Waals surface area contributed by atoms with Crippen LogP contribution >= 0.6 is 0 Å². The second-order valence-corrected chi connectivity index (χ2v) is 3.54. The fraction of sp³-hybridized carbons (Fsp3) is 1.00. The molecular weight excluding hydrogens is 152 g/mol. The largest absolute Gasteiger partial charge is 0.390 e. The van der Waals surface area contributed by atoms with Crippen molar-refractivity contribution in [2.75, 3.05) is 13.2 Å². The van der Waals surface area contributed by atoms with Gasteiger partial charge in [0.25, 0.3) is 0 Å². The van der Waals surface area contributed by atoms with Crippen LogP contribution in [0.2, 0.25) is 0 Å². The van der Waals surface area contributed by atoms with E-state index in [4.69, 9.17) is 4.74 Å². The Morgan fingerprint density at radius 1 is 1.17 bits per heavy atom. The normalized spacial score (nSPS) is 19.8. The quantitative estimate of drug-likeness (QED) is 0.660. The number of hydrogen-bond acceptors (Lipinski definition) is 2. The molecule has 0 aromatic carbocycles. The molecule has 1 N–H and O–H groups in total. The zero-order chi connectivity index (χ0) is 9.61. The first-order chi connectivity index (χ1) is 5.61. The van der Waals surface area contributed by atoms with Crippen LogP contribution in [0.3, 0.4) is 0 Å². The summed E-state index contributed by atoms with van der Waals surface area (Å²) >= 11 is 0. The minimum Gasteiger partial charge on any atom is -0.390 e. The van der Waals surface area contributed by atoms with Crippen molar-refractivity contribution in [2.45, 2.75) is 46.1 Å². The third-order valence-electron chi connectivity index (χ3n) is 2.22. The minimum atomic E-state index is -0.510. The maximum absolute atomic E-state index is 9.59. The summed E-state index contributed by atoms with van der Waals surface area (Å²) in [4.78, 5) is 0. The minimum absolute atomic E-state index is 0.432. The van der Waals surface area contributed by atoms with E-state index in [2.05, 4.69) is 0 Å². The van der Waals surface area contributed by atoms with Crippen molar-refractivity contribution >= 4 is 0 Å². The fourth-order valence-electron chi connectivity index (χ4n) is 1.40. The van der Waals surface area contributed by atoms with Gasteiger partial charge in [-0.15, -0.1) is 0 Å². The fourth-order valence-corrected chi connectivity index (χ4v) is 1.40. The molecule has 0 radical (unpaired) electrons. The highest BCUT2D eigenvalue weighted by Crippen LogP contribution is 2.26. The van der Waals surface area contributed by atoms with Crippen molar-refractivity contribution in [1.82, 2.24) is 0 Å². The maximum atomic E-state index is 9.59. The Hall–Kier alpha value is -0.0800. The predicted octanol–water partition coefficient (Wildman–Crippen LogP) is 2.21. The highest BCUT2D eigenvalue weighted by molar-refractivity contribution is 4.78. The average molecular weight is 174 g/mol. The van der Waals surface area contributed by atoms with Crippen LogP contribution in [-0.2, 0) is 4.74 Å². The predicted molar refractivity (Wildman–Crippen MR) is 51.2 cm³/mol. The van der Waals surface area contributed by atoms with Crippen LogP contribution in [0.25, 0.3) is 0 Å². The van der Waals surface area contributed by atoms with Gasteiger partial charge in [-0.25, -0.2) is 0 Å². The van der Waals surface area contributed by atoms with Crippen molar-refractivity contribution in [3.63, 3.8) is 0 Å². The Bertz CT molecular complexity index is 98.9. The molecule has 2 nitrogen and oxygen atoms in total. The molecule has 0 aliphatic carbocycles. The van der Waals surface area contributed by atoms with E-state index in [1.54, 1.807) is 0 Å². The molecule has 1 aliphatic heterocycles. The number of ether oxygens (including phenoxy) is 1. The molecule has 12 heavy (non-hydrogen) atoms. The molecule has 0 atom stereocenters. The van der Waals surface area contributed by atoms with Crippen LogP contribution in [0.15, 0.2) is 0 Å². The summed E-state index contributed by atoms with van der Waals surface area (Å²) < 4.78 is 5.18. The lowest BCUT2D eigenvalue weighted by Gasteiger charge is -2.32. The van der Waals surface area contributed by atoms with Gasteiger partial charge < -0.3 is 9.84 Å². The van der Waals surface area contributed by atoms with Gasteiger partial charge in [0.05, 0.1) is 5.60 Å². The van der Waals surface area contributed by atoms with Gasteiger partial charge in [-0.1, -0.05) is 13.8 Å². The highest BCUT2D eigenvalue weighted by atomic mass is 16.5. The van der Waals surface area contributed by atoms with E-state index in [0.717, 1.165) is 26.1 Å². The molecule has 1 fully saturated rings. The maximum Gasteiger partial charge on any atom is 0.0621 e. The summed E-state index contributed by atoms with van der Waals surface area (Å²) in [5, 5.41) is 9.59. The van der Waals surface area contributed by atoms with Crippen LogP contribution in [-0.4, -0.2) is 23.9 Å². The van der Waals surface area contributed by atoms with Gasteiger partial charge in [0.2, 0.25) is 0 Å². The van der Waals surface area contributed by atoms with Crippen LogP contribution in [0.4, 0.5) is 0 Å². The number of aliphatic hydroxyl groups is 1. The van der Waals surface area contributed by atoms with Crippen LogP contribution in [0, 0.1) is 5.92 Å². The zero-order valence-corrected chi connectivity index (χ0v) is 8.76. The molecule has 0 aromatic heterocycles. The third kappa shape index (κ3) is 4.07. The lowest BCUT2D eigenvalue weighted by atomic mass is 9.85. The second kappa shape index (κ2) is 5.55. The molecule has 0 bridgehead atoms. The van der Waals surface area contributed by atoms with E-state index >= 15 is 0 Å². The first-order valence-electron chi connectivity index (χ1n) is 4.91. The molecule has 0 unspecified atom stereocenters. The van der Waals surface area contributed by atoms with Crippen molar-refractivity contribution in [2.24, 2.45) is 5.92 Å². The van der Waals surface area contributed by atoms with Gasteiger partial charge in [0.1, 0.15) is 0 Å². The summed E-state index contributed by atoms with van der Waals surface area (Å²) in [6, 6.07) is 0. The Morgan fingerprint density at radius 3 is 1.83 bits per heavy atom. The molecule has 1 aliphatic rings. The number of hydrogen-bond donors (Lipinski definition) is 1. The molecule has 0 amide bonds. The summed E-state index contributed by atoms with van der Waals surface area (Å²) in [7, 11) is 0. The van der Waals surface area contributed by atoms with E-state index < -0.39 is 5.60 Å². The molecule has 1 heterocycles. The van der Waals surface area contributed by atoms with E-state index in [1.807, 2.05) is 27.7 Å². The van der Waals surface area contributed by atoms with Crippen molar-refractivity contribution in [3.05, 3.63) is 0 Å². The van der Waals surface area contributed by atoms with Gasteiger partial charge in [-0.05, 0) is 32.6 Å². The third-order valence-corrected chi connectivity index (χ3v) is 2.22. The highest BCUT2D eigenvalue weighted by Gasteiger charge is 2.27. The molecule has 1 saturated heterocycles. The summed E-state index contributed by atoms with van der Waals surface area (Å²) in [5.74, 6) is 0.432. The molecule has 0 saturated carbocycles. The van der Waals surface area contributed by atoms with Gasteiger partial charge in [0, 0.05) is 13.2 Å². The Morgan fingerprint density at radius 2 is 1.58 bits per heavy atom. The number of rotatable bonds is 1.